The van der Waals surface area contributed by atoms with Gasteiger partial charge in [0.15, 0.2) is 5.96 Å². The summed E-state index contributed by atoms with van der Waals surface area (Å²) >= 11 is 0. The van der Waals surface area contributed by atoms with Crippen molar-refractivity contribution >= 4 is 5.96 Å². The van der Waals surface area contributed by atoms with E-state index < -0.39 is 0 Å². The molecule has 3 rings (SSSR count). The highest BCUT2D eigenvalue weighted by Crippen LogP contribution is 2.34. The molecule has 0 aromatic carbocycles. The van der Waals surface area contributed by atoms with E-state index in [1.807, 2.05) is 17.9 Å². The van der Waals surface area contributed by atoms with E-state index in [1.165, 1.54) is 18.5 Å². The van der Waals surface area contributed by atoms with Gasteiger partial charge in [-0.25, -0.2) is 0 Å². The SMILES string of the molecule is CC1CN=C(NC[C@@H]2CCCN(C)[C@H]2c2ccnn2C)N1. The Morgan fingerprint density at radius 3 is 2.95 bits per heavy atom. The first-order valence-corrected chi connectivity index (χ1v) is 7.88. The van der Waals surface area contributed by atoms with Crippen LogP contribution in [0.15, 0.2) is 17.3 Å². The van der Waals surface area contributed by atoms with E-state index >= 15 is 0 Å². The van der Waals surface area contributed by atoms with E-state index in [0.29, 0.717) is 18.0 Å². The third-order valence-electron chi connectivity index (χ3n) is 4.61. The van der Waals surface area contributed by atoms with Gasteiger partial charge in [0.2, 0.25) is 0 Å². The number of aromatic nitrogens is 2. The lowest BCUT2D eigenvalue weighted by Gasteiger charge is -2.39. The summed E-state index contributed by atoms with van der Waals surface area (Å²) in [6, 6.07) is 3.03. The van der Waals surface area contributed by atoms with Crippen molar-refractivity contribution in [2.24, 2.45) is 18.0 Å². The van der Waals surface area contributed by atoms with E-state index in [1.54, 1.807) is 0 Å². The van der Waals surface area contributed by atoms with Crippen LogP contribution in [0.5, 0.6) is 0 Å². The fraction of sp³-hybridized carbons (Fsp3) is 0.733. The van der Waals surface area contributed by atoms with Crippen molar-refractivity contribution in [1.82, 2.24) is 25.3 Å². The van der Waals surface area contributed by atoms with Gasteiger partial charge >= 0.3 is 0 Å². The third-order valence-corrected chi connectivity index (χ3v) is 4.61. The molecule has 6 heteroatoms. The van der Waals surface area contributed by atoms with Crippen LogP contribution < -0.4 is 10.6 Å². The molecule has 3 atom stereocenters. The van der Waals surface area contributed by atoms with E-state index in [9.17, 15) is 0 Å². The first-order chi connectivity index (χ1) is 10.1. The van der Waals surface area contributed by atoms with Gasteiger partial charge in [-0.15, -0.1) is 0 Å². The molecule has 2 N–H and O–H groups in total. The summed E-state index contributed by atoms with van der Waals surface area (Å²) in [5.41, 5.74) is 1.30. The molecule has 1 unspecified atom stereocenters. The molecule has 1 aromatic heterocycles. The maximum Gasteiger partial charge on any atom is 0.191 e. The average molecular weight is 290 g/mol. The van der Waals surface area contributed by atoms with Crippen molar-refractivity contribution in [2.45, 2.75) is 31.8 Å². The zero-order valence-corrected chi connectivity index (χ0v) is 13.2. The molecule has 0 bridgehead atoms. The highest BCUT2D eigenvalue weighted by molar-refractivity contribution is 5.81. The minimum atomic E-state index is 0.429. The highest BCUT2D eigenvalue weighted by Gasteiger charge is 2.32. The Morgan fingerprint density at radius 1 is 1.43 bits per heavy atom. The molecule has 0 spiro atoms. The van der Waals surface area contributed by atoms with Crippen LogP contribution >= 0.6 is 0 Å². The van der Waals surface area contributed by atoms with Crippen LogP contribution in [0.25, 0.3) is 0 Å². The topological polar surface area (TPSA) is 57.5 Å². The molecule has 3 heterocycles. The molecule has 116 valence electrons. The molecule has 2 aliphatic heterocycles. The van der Waals surface area contributed by atoms with E-state index in [-0.39, 0.29) is 0 Å². The lowest BCUT2D eigenvalue weighted by molar-refractivity contribution is 0.116. The van der Waals surface area contributed by atoms with E-state index in [4.69, 9.17) is 0 Å². The van der Waals surface area contributed by atoms with Gasteiger partial charge in [-0.3, -0.25) is 14.6 Å². The number of rotatable bonds is 3. The predicted octanol–water partition coefficient (Wildman–Crippen LogP) is 0.740. The zero-order chi connectivity index (χ0) is 14.8. The van der Waals surface area contributed by atoms with Crippen molar-refractivity contribution in [2.75, 3.05) is 26.7 Å². The second kappa shape index (κ2) is 6.05. The van der Waals surface area contributed by atoms with Crippen LogP contribution in [0, 0.1) is 5.92 Å². The minimum absolute atomic E-state index is 0.429. The lowest BCUT2D eigenvalue weighted by atomic mass is 9.87. The number of likely N-dealkylation sites (tertiary alicyclic amines) is 1. The van der Waals surface area contributed by atoms with Gasteiger partial charge in [-0.1, -0.05) is 0 Å². The summed E-state index contributed by atoms with van der Waals surface area (Å²) in [7, 11) is 4.25. The summed E-state index contributed by atoms with van der Waals surface area (Å²) < 4.78 is 2.01. The van der Waals surface area contributed by atoms with Gasteiger partial charge in [0.25, 0.3) is 0 Å². The fourth-order valence-electron chi connectivity index (χ4n) is 3.50. The predicted molar refractivity (Wildman–Crippen MR) is 84.2 cm³/mol. The first kappa shape index (κ1) is 14.4. The Morgan fingerprint density at radius 2 is 2.29 bits per heavy atom. The van der Waals surface area contributed by atoms with Crippen LogP contribution in [0.3, 0.4) is 0 Å². The van der Waals surface area contributed by atoms with Crippen LogP contribution in [0.1, 0.15) is 31.5 Å². The highest BCUT2D eigenvalue weighted by atomic mass is 15.3. The molecule has 2 aliphatic rings. The monoisotopic (exact) mass is 290 g/mol. The third kappa shape index (κ3) is 3.05. The molecule has 0 saturated carbocycles. The first-order valence-electron chi connectivity index (χ1n) is 7.88. The standard InChI is InChI=1S/C15H26N6/c1-11-9-16-15(19-11)17-10-12-5-4-8-20(2)14(12)13-6-7-18-21(13)3/h6-7,11-12,14H,4-5,8-10H2,1-3H3,(H2,16,17,19)/t11?,12-,14+/m0/s1. The van der Waals surface area contributed by atoms with Gasteiger partial charge in [-0.2, -0.15) is 5.10 Å². The molecule has 0 amide bonds. The molecule has 6 nitrogen and oxygen atoms in total. The molecule has 0 aliphatic carbocycles. The second-order valence-corrected chi connectivity index (χ2v) is 6.32. The smallest absolute Gasteiger partial charge is 0.191 e. The molecule has 21 heavy (non-hydrogen) atoms. The minimum Gasteiger partial charge on any atom is -0.356 e. The van der Waals surface area contributed by atoms with Crippen molar-refractivity contribution < 1.29 is 0 Å². The van der Waals surface area contributed by atoms with Gasteiger partial charge in [0, 0.05) is 25.8 Å². The molecule has 1 saturated heterocycles. The summed E-state index contributed by atoms with van der Waals surface area (Å²) in [6.07, 6.45) is 4.40. The van der Waals surface area contributed by atoms with Crippen molar-refractivity contribution in [3.05, 3.63) is 18.0 Å². The molecule has 1 aromatic rings. The maximum absolute atomic E-state index is 4.49. The van der Waals surface area contributed by atoms with Gasteiger partial charge < -0.3 is 10.6 Å². The Balaban J connectivity index is 1.68. The second-order valence-electron chi connectivity index (χ2n) is 6.32. The normalized spacial score (nSPS) is 30.0. The lowest BCUT2D eigenvalue weighted by Crippen LogP contribution is -2.45. The summed E-state index contributed by atoms with van der Waals surface area (Å²) in [6.45, 7) is 5.14. The number of nitrogens with one attached hydrogen (secondary N) is 2. The Kier molecular flexibility index (Phi) is 4.14. The van der Waals surface area contributed by atoms with E-state index in [0.717, 1.165) is 25.6 Å². The van der Waals surface area contributed by atoms with Crippen molar-refractivity contribution in [3.8, 4) is 0 Å². The van der Waals surface area contributed by atoms with Crippen LogP contribution in [0.2, 0.25) is 0 Å². The van der Waals surface area contributed by atoms with Crippen LogP contribution in [-0.2, 0) is 7.05 Å². The maximum atomic E-state index is 4.49. The van der Waals surface area contributed by atoms with Gasteiger partial charge in [0.1, 0.15) is 0 Å². The number of hydrogen-bond acceptors (Lipinski definition) is 5. The number of piperidine rings is 1. The fourth-order valence-corrected chi connectivity index (χ4v) is 3.50. The largest absolute Gasteiger partial charge is 0.356 e. The molecular formula is C15H26N6. The summed E-state index contributed by atoms with van der Waals surface area (Å²) in [5.74, 6) is 1.54. The number of aliphatic imine (C=N–C) groups is 1. The average Bonchev–Trinajstić information content (AvgIpc) is 3.05. The number of hydrogen-bond donors (Lipinski definition) is 2. The van der Waals surface area contributed by atoms with E-state index in [2.05, 4.69) is 45.7 Å². The number of guanidine groups is 1. The van der Waals surface area contributed by atoms with Crippen molar-refractivity contribution in [1.29, 1.82) is 0 Å². The quantitative estimate of drug-likeness (QED) is 0.862. The molecule has 0 radical (unpaired) electrons. The number of nitrogens with zero attached hydrogens (tertiary/aromatic N) is 4. The van der Waals surface area contributed by atoms with Crippen LogP contribution in [-0.4, -0.2) is 53.4 Å². The molecular weight excluding hydrogens is 264 g/mol. The Bertz CT molecular complexity index is 508. The Hall–Kier alpha value is -1.56. The Labute approximate surface area is 126 Å². The molecule has 1 fully saturated rings. The van der Waals surface area contributed by atoms with Crippen molar-refractivity contribution in [3.63, 3.8) is 0 Å². The summed E-state index contributed by atoms with van der Waals surface area (Å²) in [4.78, 5) is 6.95. The number of aryl methyl sites for hydroxylation is 1. The zero-order valence-electron chi connectivity index (χ0n) is 13.2. The summed E-state index contributed by atoms with van der Waals surface area (Å²) in [5, 5.41) is 11.2. The van der Waals surface area contributed by atoms with Crippen LogP contribution in [0.4, 0.5) is 0 Å². The van der Waals surface area contributed by atoms with Gasteiger partial charge in [-0.05, 0) is 45.3 Å². The van der Waals surface area contributed by atoms with Gasteiger partial charge in [0.05, 0.1) is 18.3 Å².